The Morgan fingerprint density at radius 1 is 1.12 bits per heavy atom. The number of carbonyl (C=O) groups is 1. The van der Waals surface area contributed by atoms with Crippen LogP contribution >= 0.6 is 24.2 Å². The van der Waals surface area contributed by atoms with E-state index in [1.54, 1.807) is 11.8 Å². The van der Waals surface area contributed by atoms with E-state index in [1.807, 2.05) is 18.2 Å². The molecule has 1 amide bonds. The first-order chi connectivity index (χ1) is 12.0. The summed E-state index contributed by atoms with van der Waals surface area (Å²) in [5.41, 5.74) is 8.33. The number of rotatable bonds is 6. The van der Waals surface area contributed by atoms with E-state index in [0.717, 1.165) is 30.2 Å². The summed E-state index contributed by atoms with van der Waals surface area (Å²) < 4.78 is 0. The number of fused-ring (bicyclic) bond motifs is 2. The van der Waals surface area contributed by atoms with Crippen LogP contribution in [0.1, 0.15) is 31.1 Å². The van der Waals surface area contributed by atoms with Gasteiger partial charge in [0.1, 0.15) is 0 Å². The van der Waals surface area contributed by atoms with E-state index >= 15 is 0 Å². The highest BCUT2D eigenvalue weighted by Crippen LogP contribution is 2.49. The van der Waals surface area contributed by atoms with Gasteiger partial charge in [0, 0.05) is 27.9 Å². The van der Waals surface area contributed by atoms with Crippen LogP contribution in [0.25, 0.3) is 0 Å². The molecular weight excluding hydrogens is 366 g/mol. The highest BCUT2D eigenvalue weighted by molar-refractivity contribution is 7.99. The largest absolute Gasteiger partial charge is 0.366 e. The number of amides is 1. The Hall–Kier alpha value is -1.69. The lowest BCUT2D eigenvalue weighted by Gasteiger charge is -2.39. The number of halogens is 1. The number of hydrogen-bond acceptors (Lipinski definition) is 4. The van der Waals surface area contributed by atoms with Crippen molar-refractivity contribution in [3.63, 3.8) is 0 Å². The Morgan fingerprint density at radius 3 is 2.42 bits per heavy atom. The summed E-state index contributed by atoms with van der Waals surface area (Å²) in [6.45, 7) is 9.64. The lowest BCUT2D eigenvalue weighted by Crippen LogP contribution is -2.41. The minimum atomic E-state index is -0.386. The predicted molar refractivity (Wildman–Crippen MR) is 112 cm³/mol. The number of anilines is 2. The second-order valence-corrected chi connectivity index (χ2v) is 7.41. The lowest BCUT2D eigenvalue weighted by molar-refractivity contribution is 0.1000. The molecule has 2 N–H and O–H groups in total. The van der Waals surface area contributed by atoms with Crippen molar-refractivity contribution in [2.24, 2.45) is 5.73 Å². The summed E-state index contributed by atoms with van der Waals surface area (Å²) in [4.78, 5) is 18.9. The molecule has 26 heavy (non-hydrogen) atoms. The van der Waals surface area contributed by atoms with E-state index in [2.05, 4.69) is 54.8 Å². The number of primary amides is 1. The van der Waals surface area contributed by atoms with Gasteiger partial charge >= 0.3 is 0 Å². The van der Waals surface area contributed by atoms with Crippen molar-refractivity contribution in [2.45, 2.75) is 36.6 Å². The number of hydrogen-bond donors (Lipinski definition) is 1. The van der Waals surface area contributed by atoms with Gasteiger partial charge in [-0.15, -0.1) is 12.4 Å². The molecule has 0 saturated carbocycles. The van der Waals surface area contributed by atoms with Crippen LogP contribution in [0.3, 0.4) is 0 Å². The maximum absolute atomic E-state index is 11.7. The average molecular weight is 392 g/mol. The number of nitrogens with two attached hydrogens (primary N) is 1. The smallest absolute Gasteiger partial charge is 0.248 e. The van der Waals surface area contributed by atoms with Gasteiger partial charge in [-0.2, -0.15) is 0 Å². The zero-order valence-electron chi connectivity index (χ0n) is 15.4. The minimum Gasteiger partial charge on any atom is -0.366 e. The van der Waals surface area contributed by atoms with Gasteiger partial charge in [-0.25, -0.2) is 0 Å². The quantitative estimate of drug-likeness (QED) is 0.785. The van der Waals surface area contributed by atoms with E-state index in [0.29, 0.717) is 5.56 Å². The zero-order valence-corrected chi connectivity index (χ0v) is 17.1. The first kappa shape index (κ1) is 20.6. The molecular formula is C20H26ClN3OS. The first-order valence-electron chi connectivity index (χ1n) is 8.77. The molecule has 140 valence electrons. The molecule has 1 heterocycles. The third kappa shape index (κ3) is 4.00. The standard InChI is InChI=1S/C20H25N3OS.ClH/c1-4-22(5-2)13-14(3)23-16-8-6-7-9-18(16)25-19-11-10-15(20(21)24)12-17(19)23;/h6-12,14H,4-5,13H2,1-3H3,(H2,21,24);1H. The Bertz CT molecular complexity index is 779. The van der Waals surface area contributed by atoms with Gasteiger partial charge in [-0.1, -0.05) is 37.7 Å². The Balaban J connectivity index is 0.00000243. The summed E-state index contributed by atoms with van der Waals surface area (Å²) in [6, 6.07) is 14.5. The molecule has 0 saturated heterocycles. The summed E-state index contributed by atoms with van der Waals surface area (Å²) in [6.07, 6.45) is 0. The van der Waals surface area contributed by atoms with Gasteiger partial charge in [0.25, 0.3) is 0 Å². The van der Waals surface area contributed by atoms with Gasteiger partial charge in [0.15, 0.2) is 0 Å². The van der Waals surface area contributed by atoms with E-state index < -0.39 is 0 Å². The van der Waals surface area contributed by atoms with Crippen LogP contribution in [0.5, 0.6) is 0 Å². The molecule has 0 bridgehead atoms. The van der Waals surface area contributed by atoms with Crippen molar-refractivity contribution in [3.05, 3.63) is 48.0 Å². The van der Waals surface area contributed by atoms with E-state index in [9.17, 15) is 4.79 Å². The van der Waals surface area contributed by atoms with Crippen LogP contribution in [-0.4, -0.2) is 36.5 Å². The maximum Gasteiger partial charge on any atom is 0.248 e. The topological polar surface area (TPSA) is 49.6 Å². The molecule has 1 atom stereocenters. The fourth-order valence-corrected chi connectivity index (χ4v) is 4.40. The lowest BCUT2D eigenvalue weighted by atomic mass is 10.1. The van der Waals surface area contributed by atoms with Crippen LogP contribution in [0.15, 0.2) is 52.3 Å². The molecule has 0 spiro atoms. The molecule has 1 aliphatic rings. The number of benzene rings is 2. The summed E-state index contributed by atoms with van der Waals surface area (Å²) in [7, 11) is 0. The molecule has 1 aliphatic heterocycles. The van der Waals surface area contributed by atoms with Gasteiger partial charge in [-0.3, -0.25) is 4.79 Å². The molecule has 4 nitrogen and oxygen atoms in total. The number of nitrogens with zero attached hydrogens (tertiary/aromatic N) is 2. The average Bonchev–Trinajstić information content (AvgIpc) is 2.63. The van der Waals surface area contributed by atoms with Gasteiger partial charge in [0.2, 0.25) is 5.91 Å². The van der Waals surface area contributed by atoms with Crippen LogP contribution in [-0.2, 0) is 0 Å². The third-order valence-electron chi connectivity index (χ3n) is 4.71. The van der Waals surface area contributed by atoms with Crippen molar-refractivity contribution in [3.8, 4) is 0 Å². The van der Waals surface area contributed by atoms with E-state index in [4.69, 9.17) is 5.73 Å². The molecule has 3 rings (SSSR count). The Kier molecular flexibility index (Phi) is 6.98. The molecule has 0 radical (unpaired) electrons. The summed E-state index contributed by atoms with van der Waals surface area (Å²) in [5.74, 6) is -0.386. The minimum absolute atomic E-state index is 0. The molecule has 2 aromatic carbocycles. The number of likely N-dealkylation sites (N-methyl/N-ethyl adjacent to an activating group) is 1. The second kappa shape index (κ2) is 8.80. The highest BCUT2D eigenvalue weighted by Gasteiger charge is 2.28. The normalized spacial score (nSPS) is 13.6. The van der Waals surface area contributed by atoms with Crippen LogP contribution in [0, 0.1) is 0 Å². The fraction of sp³-hybridized carbons (Fsp3) is 0.350. The fourth-order valence-electron chi connectivity index (χ4n) is 3.35. The number of para-hydroxylation sites is 1. The van der Waals surface area contributed by atoms with Crippen molar-refractivity contribution in [1.29, 1.82) is 0 Å². The van der Waals surface area contributed by atoms with Crippen LogP contribution in [0.4, 0.5) is 11.4 Å². The van der Waals surface area contributed by atoms with Crippen molar-refractivity contribution >= 4 is 41.5 Å². The van der Waals surface area contributed by atoms with E-state index in [-0.39, 0.29) is 24.4 Å². The zero-order chi connectivity index (χ0) is 18.0. The molecule has 0 aliphatic carbocycles. The van der Waals surface area contributed by atoms with Crippen molar-refractivity contribution < 1.29 is 4.79 Å². The molecule has 0 aromatic heterocycles. The van der Waals surface area contributed by atoms with Crippen LogP contribution < -0.4 is 10.6 Å². The second-order valence-electron chi connectivity index (χ2n) is 6.32. The molecule has 1 unspecified atom stereocenters. The molecule has 6 heteroatoms. The Labute approximate surface area is 166 Å². The predicted octanol–water partition coefficient (Wildman–Crippen LogP) is 4.54. The summed E-state index contributed by atoms with van der Waals surface area (Å²) in [5, 5.41) is 0. The Morgan fingerprint density at radius 2 is 1.77 bits per heavy atom. The maximum atomic E-state index is 11.7. The van der Waals surface area contributed by atoms with Gasteiger partial charge in [0.05, 0.1) is 11.4 Å². The highest BCUT2D eigenvalue weighted by atomic mass is 35.5. The first-order valence-corrected chi connectivity index (χ1v) is 9.59. The van der Waals surface area contributed by atoms with Gasteiger partial charge < -0.3 is 15.5 Å². The van der Waals surface area contributed by atoms with Gasteiger partial charge in [-0.05, 0) is 50.3 Å². The van der Waals surface area contributed by atoms with Crippen molar-refractivity contribution in [1.82, 2.24) is 4.90 Å². The SMILES string of the molecule is CCN(CC)CC(C)N1c2ccccc2Sc2ccc(C(N)=O)cc21.Cl. The molecule has 0 fully saturated rings. The monoisotopic (exact) mass is 391 g/mol. The van der Waals surface area contributed by atoms with Crippen LogP contribution in [0.2, 0.25) is 0 Å². The number of carbonyl (C=O) groups excluding carboxylic acids is 1. The summed E-state index contributed by atoms with van der Waals surface area (Å²) >= 11 is 1.75. The third-order valence-corrected chi connectivity index (χ3v) is 5.84. The van der Waals surface area contributed by atoms with E-state index in [1.165, 1.54) is 10.6 Å². The van der Waals surface area contributed by atoms with Crippen molar-refractivity contribution in [2.75, 3.05) is 24.5 Å². The molecule has 2 aromatic rings.